The molecule has 2 rings (SSSR count). The lowest BCUT2D eigenvalue weighted by Crippen LogP contribution is -2.41. The van der Waals surface area contributed by atoms with Crippen molar-refractivity contribution in [1.82, 2.24) is 5.32 Å². The van der Waals surface area contributed by atoms with E-state index in [9.17, 15) is 9.90 Å². The Morgan fingerprint density at radius 2 is 1.93 bits per heavy atom. The minimum atomic E-state index is -0.846. The zero-order chi connectivity index (χ0) is 10.9. The molecule has 0 aromatic rings. The molecule has 4 nitrogen and oxygen atoms in total. The summed E-state index contributed by atoms with van der Waals surface area (Å²) in [5.74, 6) is -0.551. The first-order chi connectivity index (χ1) is 7.12. The van der Waals surface area contributed by atoms with Crippen LogP contribution in [0.5, 0.6) is 0 Å². The highest BCUT2D eigenvalue weighted by molar-refractivity contribution is 5.74. The van der Waals surface area contributed by atoms with Crippen LogP contribution in [0, 0.1) is 5.92 Å². The van der Waals surface area contributed by atoms with Crippen LogP contribution in [-0.4, -0.2) is 34.4 Å². The summed E-state index contributed by atoms with van der Waals surface area (Å²) in [6, 6.07) is -0.558. The van der Waals surface area contributed by atoms with Gasteiger partial charge in [0.05, 0.1) is 5.60 Å². The Balaban J connectivity index is 1.98. The summed E-state index contributed by atoms with van der Waals surface area (Å²) in [4.78, 5) is 10.8. The lowest BCUT2D eigenvalue weighted by Gasteiger charge is -2.34. The van der Waals surface area contributed by atoms with Crippen molar-refractivity contribution in [2.45, 2.75) is 50.2 Å². The quantitative estimate of drug-likeness (QED) is 0.633. The van der Waals surface area contributed by atoms with Crippen LogP contribution in [0.15, 0.2) is 0 Å². The van der Waals surface area contributed by atoms with E-state index in [4.69, 9.17) is 5.11 Å². The van der Waals surface area contributed by atoms with Gasteiger partial charge in [0.2, 0.25) is 0 Å². The second kappa shape index (κ2) is 4.10. The molecule has 0 aromatic carbocycles. The summed E-state index contributed by atoms with van der Waals surface area (Å²) in [6.45, 7) is 0.439. The SMILES string of the molecule is O=C(O)[C@@H]1CC(O)(C2CCCCC2)CN1. The number of carboxylic acid groups (broad SMARTS) is 1. The van der Waals surface area contributed by atoms with E-state index in [0.717, 1.165) is 12.8 Å². The van der Waals surface area contributed by atoms with Crippen LogP contribution in [0.2, 0.25) is 0 Å². The monoisotopic (exact) mass is 213 g/mol. The van der Waals surface area contributed by atoms with E-state index < -0.39 is 17.6 Å². The minimum absolute atomic E-state index is 0.295. The maximum atomic E-state index is 10.8. The molecule has 1 aliphatic heterocycles. The van der Waals surface area contributed by atoms with Crippen molar-refractivity contribution in [3.8, 4) is 0 Å². The van der Waals surface area contributed by atoms with Gasteiger partial charge in [0.1, 0.15) is 6.04 Å². The van der Waals surface area contributed by atoms with Gasteiger partial charge >= 0.3 is 5.97 Å². The summed E-state index contributed by atoms with van der Waals surface area (Å²) < 4.78 is 0. The maximum absolute atomic E-state index is 10.8. The number of hydrogen-bond acceptors (Lipinski definition) is 3. The minimum Gasteiger partial charge on any atom is -0.480 e. The lowest BCUT2D eigenvalue weighted by atomic mass is 9.76. The predicted molar refractivity (Wildman–Crippen MR) is 55.6 cm³/mol. The summed E-state index contributed by atoms with van der Waals surface area (Å²) >= 11 is 0. The molecule has 3 N–H and O–H groups in total. The fourth-order valence-corrected chi connectivity index (χ4v) is 2.92. The average molecular weight is 213 g/mol. The Labute approximate surface area is 89.7 Å². The molecular formula is C11H19NO3. The van der Waals surface area contributed by atoms with E-state index in [-0.39, 0.29) is 0 Å². The van der Waals surface area contributed by atoms with Crippen molar-refractivity contribution in [3.63, 3.8) is 0 Å². The van der Waals surface area contributed by atoms with Gasteiger partial charge in [0.15, 0.2) is 0 Å². The van der Waals surface area contributed by atoms with Gasteiger partial charge in [-0.3, -0.25) is 4.79 Å². The van der Waals surface area contributed by atoms with E-state index in [2.05, 4.69) is 5.32 Å². The fraction of sp³-hybridized carbons (Fsp3) is 0.909. The molecule has 0 spiro atoms. The Hall–Kier alpha value is -0.610. The third-order valence-corrected chi connectivity index (χ3v) is 3.88. The molecule has 1 aliphatic carbocycles. The van der Waals surface area contributed by atoms with Gasteiger partial charge in [-0.15, -0.1) is 0 Å². The van der Waals surface area contributed by atoms with Crippen molar-refractivity contribution >= 4 is 5.97 Å². The molecule has 0 radical (unpaired) electrons. The van der Waals surface area contributed by atoms with E-state index in [1.165, 1.54) is 19.3 Å². The van der Waals surface area contributed by atoms with Crippen LogP contribution < -0.4 is 5.32 Å². The largest absolute Gasteiger partial charge is 0.480 e. The van der Waals surface area contributed by atoms with Crippen LogP contribution in [-0.2, 0) is 4.79 Å². The number of aliphatic hydroxyl groups is 1. The molecule has 0 amide bonds. The Kier molecular flexibility index (Phi) is 2.98. The van der Waals surface area contributed by atoms with E-state index in [1.807, 2.05) is 0 Å². The van der Waals surface area contributed by atoms with E-state index in [1.54, 1.807) is 0 Å². The van der Waals surface area contributed by atoms with Gasteiger partial charge < -0.3 is 15.5 Å². The first-order valence-electron chi connectivity index (χ1n) is 5.80. The fourth-order valence-electron chi connectivity index (χ4n) is 2.92. The molecule has 2 atom stereocenters. The molecule has 86 valence electrons. The van der Waals surface area contributed by atoms with Gasteiger partial charge in [-0.25, -0.2) is 0 Å². The van der Waals surface area contributed by atoms with E-state index >= 15 is 0 Å². The van der Waals surface area contributed by atoms with E-state index in [0.29, 0.717) is 18.9 Å². The highest BCUT2D eigenvalue weighted by Crippen LogP contribution is 2.37. The first kappa shape index (κ1) is 10.9. The molecule has 0 bridgehead atoms. The summed E-state index contributed by atoms with van der Waals surface area (Å²) in [5.41, 5.74) is -0.774. The lowest BCUT2D eigenvalue weighted by molar-refractivity contribution is -0.139. The predicted octanol–water partition coefficient (Wildman–Crippen LogP) is 0.744. The van der Waals surface area contributed by atoms with Crippen LogP contribution in [0.25, 0.3) is 0 Å². The number of β-amino-alcohol motifs (C(OH)–C–C–N with tert-alkyl or cyclic N) is 1. The van der Waals surface area contributed by atoms with Crippen molar-refractivity contribution in [2.24, 2.45) is 5.92 Å². The maximum Gasteiger partial charge on any atom is 0.320 e. The topological polar surface area (TPSA) is 69.6 Å². The van der Waals surface area contributed by atoms with Gasteiger partial charge in [-0.05, 0) is 18.8 Å². The average Bonchev–Trinajstić information content (AvgIpc) is 2.64. The smallest absolute Gasteiger partial charge is 0.320 e. The summed E-state index contributed by atoms with van der Waals surface area (Å²) in [7, 11) is 0. The second-order valence-corrected chi connectivity index (χ2v) is 4.91. The molecule has 2 aliphatic rings. The highest BCUT2D eigenvalue weighted by atomic mass is 16.4. The second-order valence-electron chi connectivity index (χ2n) is 4.91. The van der Waals surface area contributed by atoms with Gasteiger partial charge in [-0.1, -0.05) is 19.3 Å². The Bertz CT molecular complexity index is 250. The Morgan fingerprint density at radius 3 is 2.47 bits per heavy atom. The zero-order valence-electron chi connectivity index (χ0n) is 8.91. The molecule has 2 fully saturated rings. The van der Waals surface area contributed by atoms with Crippen molar-refractivity contribution in [1.29, 1.82) is 0 Å². The number of nitrogens with one attached hydrogen (secondary N) is 1. The van der Waals surface area contributed by atoms with Gasteiger partial charge in [0.25, 0.3) is 0 Å². The molecule has 1 saturated heterocycles. The summed E-state index contributed by atoms with van der Waals surface area (Å²) in [6.07, 6.45) is 6.06. The van der Waals surface area contributed by atoms with Crippen LogP contribution >= 0.6 is 0 Å². The van der Waals surface area contributed by atoms with Crippen molar-refractivity contribution in [3.05, 3.63) is 0 Å². The molecule has 1 saturated carbocycles. The number of carbonyl (C=O) groups is 1. The molecule has 4 heteroatoms. The third kappa shape index (κ3) is 2.16. The van der Waals surface area contributed by atoms with Crippen LogP contribution in [0.3, 0.4) is 0 Å². The highest BCUT2D eigenvalue weighted by Gasteiger charge is 2.45. The van der Waals surface area contributed by atoms with Crippen molar-refractivity contribution in [2.75, 3.05) is 6.54 Å². The first-order valence-corrected chi connectivity index (χ1v) is 5.80. The molecule has 1 heterocycles. The van der Waals surface area contributed by atoms with Crippen LogP contribution in [0.4, 0.5) is 0 Å². The number of hydrogen-bond donors (Lipinski definition) is 3. The zero-order valence-corrected chi connectivity index (χ0v) is 8.91. The standard InChI is InChI=1S/C11H19NO3/c13-10(14)9-6-11(15,7-12-9)8-4-2-1-3-5-8/h8-9,12,15H,1-7H2,(H,13,14)/t9-,11?/m0/s1. The normalized spacial score (nSPS) is 38.1. The number of rotatable bonds is 2. The summed E-state index contributed by atoms with van der Waals surface area (Å²) in [5, 5.41) is 22.2. The molecule has 15 heavy (non-hydrogen) atoms. The molecule has 0 aromatic heterocycles. The number of aliphatic carboxylic acids is 1. The Morgan fingerprint density at radius 1 is 1.27 bits per heavy atom. The third-order valence-electron chi connectivity index (χ3n) is 3.88. The van der Waals surface area contributed by atoms with Crippen LogP contribution in [0.1, 0.15) is 38.5 Å². The van der Waals surface area contributed by atoms with Gasteiger partial charge in [0, 0.05) is 13.0 Å². The molecular weight excluding hydrogens is 194 g/mol. The van der Waals surface area contributed by atoms with Crippen molar-refractivity contribution < 1.29 is 15.0 Å². The molecule has 1 unspecified atom stereocenters. The van der Waals surface area contributed by atoms with Gasteiger partial charge in [-0.2, -0.15) is 0 Å². The number of carboxylic acids is 1.